The van der Waals surface area contributed by atoms with Gasteiger partial charge in [-0.05, 0) is 55.0 Å². The van der Waals surface area contributed by atoms with Crippen LogP contribution < -0.4 is 10.2 Å². The molecule has 0 spiro atoms. The van der Waals surface area contributed by atoms with E-state index in [1.54, 1.807) is 37.3 Å². The van der Waals surface area contributed by atoms with E-state index in [9.17, 15) is 4.79 Å². The number of hydrogen-bond acceptors (Lipinski definition) is 5. The third-order valence-electron chi connectivity index (χ3n) is 3.76. The first-order valence-electron chi connectivity index (χ1n) is 8.26. The van der Waals surface area contributed by atoms with Crippen LogP contribution in [0.1, 0.15) is 33.0 Å². The third-order valence-corrected chi connectivity index (χ3v) is 3.76. The minimum Gasteiger partial charge on any atom is -0.489 e. The summed E-state index contributed by atoms with van der Waals surface area (Å²) in [6, 6.07) is 20.0. The fourth-order valence-electron chi connectivity index (χ4n) is 2.34. The number of nitriles is 1. The quantitative estimate of drug-likeness (QED) is 0.535. The lowest BCUT2D eigenvalue weighted by molar-refractivity contribution is 0.0926. The van der Waals surface area contributed by atoms with Gasteiger partial charge in [-0.2, -0.15) is 10.4 Å². The van der Waals surface area contributed by atoms with Crippen molar-refractivity contribution < 1.29 is 13.9 Å². The molecule has 0 aliphatic heterocycles. The summed E-state index contributed by atoms with van der Waals surface area (Å²) >= 11 is 0. The highest BCUT2D eigenvalue weighted by Gasteiger charge is 2.08. The molecule has 27 heavy (non-hydrogen) atoms. The van der Waals surface area contributed by atoms with E-state index in [-0.39, 0.29) is 5.76 Å². The molecule has 0 saturated carbocycles. The smallest absolute Gasteiger partial charge is 0.307 e. The molecule has 0 unspecified atom stereocenters. The number of rotatable bonds is 6. The Kier molecular flexibility index (Phi) is 5.65. The number of hydrazone groups is 1. The van der Waals surface area contributed by atoms with Crippen molar-refractivity contribution >= 4 is 12.1 Å². The Bertz CT molecular complexity index is 998. The number of hydrogen-bond donors (Lipinski definition) is 1. The van der Waals surface area contributed by atoms with Crippen LogP contribution in [0.4, 0.5) is 0 Å². The van der Waals surface area contributed by atoms with Crippen molar-refractivity contribution in [2.24, 2.45) is 5.10 Å². The Labute approximate surface area is 156 Å². The zero-order valence-electron chi connectivity index (χ0n) is 14.7. The van der Waals surface area contributed by atoms with Gasteiger partial charge in [0.05, 0.1) is 17.8 Å². The summed E-state index contributed by atoms with van der Waals surface area (Å²) in [4.78, 5) is 11.8. The van der Waals surface area contributed by atoms with Crippen LogP contribution in [0.15, 0.2) is 70.2 Å². The fourth-order valence-corrected chi connectivity index (χ4v) is 2.34. The van der Waals surface area contributed by atoms with Crippen LogP contribution in [0.25, 0.3) is 0 Å². The molecule has 1 N–H and O–H groups in total. The van der Waals surface area contributed by atoms with E-state index in [2.05, 4.69) is 16.6 Å². The van der Waals surface area contributed by atoms with Crippen molar-refractivity contribution in [1.29, 1.82) is 5.26 Å². The summed E-state index contributed by atoms with van der Waals surface area (Å²) in [5.74, 6) is 1.15. The average molecular weight is 359 g/mol. The Morgan fingerprint density at radius 1 is 1.19 bits per heavy atom. The van der Waals surface area contributed by atoms with Crippen LogP contribution in [0, 0.1) is 18.3 Å². The number of furan rings is 1. The number of ether oxygens (including phenoxy) is 1. The van der Waals surface area contributed by atoms with Crippen LogP contribution in [0.2, 0.25) is 0 Å². The van der Waals surface area contributed by atoms with E-state index in [4.69, 9.17) is 14.4 Å². The zero-order chi connectivity index (χ0) is 19.1. The van der Waals surface area contributed by atoms with E-state index >= 15 is 0 Å². The molecular formula is C21H17N3O3. The molecule has 0 fully saturated rings. The van der Waals surface area contributed by atoms with Gasteiger partial charge in [-0.25, -0.2) is 5.43 Å². The molecule has 0 aliphatic carbocycles. The molecule has 0 aliphatic rings. The molecule has 134 valence electrons. The molecule has 0 saturated heterocycles. The molecule has 0 radical (unpaired) electrons. The topological polar surface area (TPSA) is 87.6 Å². The number of carbonyl (C=O) groups is 1. The van der Waals surface area contributed by atoms with Gasteiger partial charge >= 0.3 is 5.91 Å². The van der Waals surface area contributed by atoms with Gasteiger partial charge in [0.15, 0.2) is 5.76 Å². The molecule has 3 aromatic rings. The maximum absolute atomic E-state index is 11.8. The van der Waals surface area contributed by atoms with Crippen molar-refractivity contribution in [3.8, 4) is 11.8 Å². The molecule has 6 nitrogen and oxygen atoms in total. The Hall–Kier alpha value is -3.85. The number of benzene rings is 2. The SMILES string of the molecule is Cc1ccc(C(=O)N/N=C/c2ccc(OCc3ccccc3C#N)cc2)o1. The lowest BCUT2D eigenvalue weighted by Crippen LogP contribution is -2.16. The van der Waals surface area contributed by atoms with E-state index in [0.717, 1.165) is 11.1 Å². The highest BCUT2D eigenvalue weighted by Crippen LogP contribution is 2.15. The number of carbonyl (C=O) groups excluding carboxylic acids is 1. The summed E-state index contributed by atoms with van der Waals surface area (Å²) in [6.45, 7) is 2.08. The fraction of sp³-hybridized carbons (Fsp3) is 0.0952. The average Bonchev–Trinajstić information content (AvgIpc) is 3.14. The number of amides is 1. The van der Waals surface area contributed by atoms with Crippen molar-refractivity contribution in [3.05, 3.63) is 88.9 Å². The van der Waals surface area contributed by atoms with Crippen LogP contribution in [-0.2, 0) is 6.61 Å². The Morgan fingerprint density at radius 3 is 2.67 bits per heavy atom. The first kappa shape index (κ1) is 18.0. The molecule has 3 rings (SSSR count). The summed E-state index contributed by atoms with van der Waals surface area (Å²) in [5.41, 5.74) is 4.65. The number of aryl methyl sites for hydroxylation is 1. The van der Waals surface area contributed by atoms with Gasteiger partial charge in [-0.15, -0.1) is 0 Å². The summed E-state index contributed by atoms with van der Waals surface area (Å²) in [7, 11) is 0. The highest BCUT2D eigenvalue weighted by molar-refractivity contribution is 5.92. The minimum absolute atomic E-state index is 0.214. The predicted molar refractivity (Wildman–Crippen MR) is 100 cm³/mol. The van der Waals surface area contributed by atoms with Gasteiger partial charge in [-0.3, -0.25) is 4.79 Å². The molecular weight excluding hydrogens is 342 g/mol. The number of nitrogens with one attached hydrogen (secondary N) is 1. The molecule has 1 amide bonds. The second-order valence-electron chi connectivity index (χ2n) is 5.74. The van der Waals surface area contributed by atoms with E-state index in [1.165, 1.54) is 6.21 Å². The van der Waals surface area contributed by atoms with Gasteiger partial charge in [0.1, 0.15) is 18.1 Å². The van der Waals surface area contributed by atoms with Gasteiger partial charge < -0.3 is 9.15 Å². The molecule has 0 bridgehead atoms. The molecule has 0 atom stereocenters. The highest BCUT2D eigenvalue weighted by atomic mass is 16.5. The van der Waals surface area contributed by atoms with Gasteiger partial charge in [0.25, 0.3) is 0 Å². The minimum atomic E-state index is -0.407. The second kappa shape index (κ2) is 8.50. The van der Waals surface area contributed by atoms with Crippen LogP contribution >= 0.6 is 0 Å². The largest absolute Gasteiger partial charge is 0.489 e. The van der Waals surface area contributed by atoms with E-state index in [0.29, 0.717) is 23.7 Å². The maximum Gasteiger partial charge on any atom is 0.307 e. The lowest BCUT2D eigenvalue weighted by Gasteiger charge is -2.07. The van der Waals surface area contributed by atoms with Crippen molar-refractivity contribution in [2.45, 2.75) is 13.5 Å². The first-order chi connectivity index (χ1) is 13.2. The molecule has 1 aromatic heterocycles. The third kappa shape index (κ3) is 4.83. The molecule has 2 aromatic carbocycles. The first-order valence-corrected chi connectivity index (χ1v) is 8.26. The molecule has 6 heteroatoms. The summed E-state index contributed by atoms with van der Waals surface area (Å²) in [5, 5.41) is 13.0. The van der Waals surface area contributed by atoms with Crippen molar-refractivity contribution in [3.63, 3.8) is 0 Å². The summed E-state index contributed by atoms with van der Waals surface area (Å²) in [6.07, 6.45) is 1.53. The zero-order valence-corrected chi connectivity index (χ0v) is 14.7. The van der Waals surface area contributed by atoms with E-state index in [1.807, 2.05) is 30.3 Å². The van der Waals surface area contributed by atoms with Crippen LogP contribution in [0.3, 0.4) is 0 Å². The number of nitrogens with zero attached hydrogens (tertiary/aromatic N) is 2. The van der Waals surface area contributed by atoms with Gasteiger partial charge in [0.2, 0.25) is 0 Å². The van der Waals surface area contributed by atoms with Crippen LogP contribution in [-0.4, -0.2) is 12.1 Å². The second-order valence-corrected chi connectivity index (χ2v) is 5.74. The Morgan fingerprint density at radius 2 is 1.96 bits per heavy atom. The Balaban J connectivity index is 1.54. The van der Waals surface area contributed by atoms with E-state index < -0.39 is 5.91 Å². The van der Waals surface area contributed by atoms with Gasteiger partial charge in [-0.1, -0.05) is 18.2 Å². The monoisotopic (exact) mass is 359 g/mol. The standard InChI is InChI=1S/C21H17N3O3/c1-15-6-11-20(27-15)21(25)24-23-13-16-7-9-19(10-8-16)26-14-18-5-3-2-4-17(18)12-22/h2-11,13H,14H2,1H3,(H,24,25)/b23-13+. The predicted octanol–water partition coefficient (Wildman–Crippen LogP) is 3.80. The van der Waals surface area contributed by atoms with Crippen molar-refractivity contribution in [2.75, 3.05) is 0 Å². The van der Waals surface area contributed by atoms with Crippen LogP contribution in [0.5, 0.6) is 5.75 Å². The maximum atomic E-state index is 11.8. The lowest BCUT2D eigenvalue weighted by atomic mass is 10.1. The molecule has 1 heterocycles. The normalized spacial score (nSPS) is 10.5. The summed E-state index contributed by atoms with van der Waals surface area (Å²) < 4.78 is 10.9. The van der Waals surface area contributed by atoms with Gasteiger partial charge in [0, 0.05) is 5.56 Å². The van der Waals surface area contributed by atoms with Crippen molar-refractivity contribution in [1.82, 2.24) is 5.43 Å².